The van der Waals surface area contributed by atoms with Crippen molar-refractivity contribution in [2.75, 3.05) is 13.1 Å². The van der Waals surface area contributed by atoms with Gasteiger partial charge < -0.3 is 10.6 Å². The first kappa shape index (κ1) is 13.5. The van der Waals surface area contributed by atoms with E-state index < -0.39 is 0 Å². The second-order valence-electron chi connectivity index (χ2n) is 6.23. The summed E-state index contributed by atoms with van der Waals surface area (Å²) >= 11 is 0. The summed E-state index contributed by atoms with van der Waals surface area (Å²) in [6.07, 6.45) is 2.97. The summed E-state index contributed by atoms with van der Waals surface area (Å²) in [7, 11) is 0. The van der Waals surface area contributed by atoms with E-state index in [2.05, 4.69) is 27.7 Å². The summed E-state index contributed by atoms with van der Waals surface area (Å²) in [6, 6.07) is -0.304. The maximum absolute atomic E-state index is 12.0. The standard InChI is InChI=1S/C13H26N2O/c1-10(2)9-11(14)12(16)15-7-5-13(3,4)6-8-15/h10-11H,5-9,14H2,1-4H3/t11-/m1/s1. The van der Waals surface area contributed by atoms with Crippen molar-refractivity contribution < 1.29 is 4.79 Å². The lowest BCUT2D eigenvalue weighted by Crippen LogP contribution is -2.48. The van der Waals surface area contributed by atoms with Crippen molar-refractivity contribution in [1.82, 2.24) is 4.90 Å². The molecule has 0 bridgehead atoms. The SMILES string of the molecule is CC(C)C[C@@H](N)C(=O)N1CCC(C)(C)CC1. The van der Waals surface area contributed by atoms with E-state index in [0.717, 1.165) is 32.4 Å². The van der Waals surface area contributed by atoms with Crippen molar-refractivity contribution in [3.8, 4) is 0 Å². The molecule has 0 aromatic carbocycles. The number of carbonyl (C=O) groups excluding carboxylic acids is 1. The van der Waals surface area contributed by atoms with E-state index in [0.29, 0.717) is 11.3 Å². The Balaban J connectivity index is 2.44. The molecule has 1 rings (SSSR count). The van der Waals surface area contributed by atoms with Crippen molar-refractivity contribution in [1.29, 1.82) is 0 Å². The lowest BCUT2D eigenvalue weighted by Gasteiger charge is -2.38. The average molecular weight is 226 g/mol. The molecule has 0 aliphatic carbocycles. The monoisotopic (exact) mass is 226 g/mol. The van der Waals surface area contributed by atoms with Crippen LogP contribution < -0.4 is 5.73 Å². The zero-order valence-corrected chi connectivity index (χ0v) is 11.1. The number of likely N-dealkylation sites (tertiary alicyclic amines) is 1. The molecule has 2 N–H and O–H groups in total. The van der Waals surface area contributed by atoms with Crippen LogP contribution in [0.4, 0.5) is 0 Å². The molecule has 1 amide bonds. The van der Waals surface area contributed by atoms with Gasteiger partial charge in [0.25, 0.3) is 0 Å². The predicted molar refractivity (Wildman–Crippen MR) is 67.0 cm³/mol. The van der Waals surface area contributed by atoms with Gasteiger partial charge in [-0.05, 0) is 30.6 Å². The second-order valence-corrected chi connectivity index (χ2v) is 6.23. The van der Waals surface area contributed by atoms with E-state index in [1.165, 1.54) is 0 Å². The normalized spacial score (nSPS) is 22.2. The number of nitrogens with zero attached hydrogens (tertiary/aromatic N) is 1. The maximum Gasteiger partial charge on any atom is 0.239 e. The van der Waals surface area contributed by atoms with Gasteiger partial charge in [-0.2, -0.15) is 0 Å². The Hall–Kier alpha value is -0.570. The minimum atomic E-state index is -0.304. The smallest absolute Gasteiger partial charge is 0.239 e. The molecule has 0 saturated carbocycles. The van der Waals surface area contributed by atoms with E-state index in [1.807, 2.05) is 4.90 Å². The highest BCUT2D eigenvalue weighted by Crippen LogP contribution is 2.29. The van der Waals surface area contributed by atoms with Gasteiger partial charge in [-0.3, -0.25) is 4.79 Å². The molecule has 3 heteroatoms. The van der Waals surface area contributed by atoms with Gasteiger partial charge in [-0.1, -0.05) is 27.7 Å². The number of rotatable bonds is 3. The van der Waals surface area contributed by atoms with Crippen LogP contribution in [-0.4, -0.2) is 29.9 Å². The third-order valence-corrected chi connectivity index (χ3v) is 3.47. The van der Waals surface area contributed by atoms with Gasteiger partial charge in [0, 0.05) is 13.1 Å². The fourth-order valence-corrected chi connectivity index (χ4v) is 2.18. The molecule has 0 unspecified atom stereocenters. The highest BCUT2D eigenvalue weighted by Gasteiger charge is 2.30. The Morgan fingerprint density at radius 3 is 2.25 bits per heavy atom. The van der Waals surface area contributed by atoms with E-state index in [-0.39, 0.29) is 11.9 Å². The molecule has 1 fully saturated rings. The van der Waals surface area contributed by atoms with E-state index >= 15 is 0 Å². The summed E-state index contributed by atoms with van der Waals surface area (Å²) in [5.74, 6) is 0.629. The molecular weight excluding hydrogens is 200 g/mol. The molecule has 0 spiro atoms. The Bertz CT molecular complexity index is 238. The van der Waals surface area contributed by atoms with Gasteiger partial charge in [0.1, 0.15) is 0 Å². The van der Waals surface area contributed by atoms with Crippen LogP contribution in [0.3, 0.4) is 0 Å². The van der Waals surface area contributed by atoms with Crippen LogP contribution in [0.25, 0.3) is 0 Å². The first-order valence-electron chi connectivity index (χ1n) is 6.36. The van der Waals surface area contributed by atoms with Gasteiger partial charge in [-0.15, -0.1) is 0 Å². The van der Waals surface area contributed by atoms with Crippen molar-refractivity contribution in [2.24, 2.45) is 17.1 Å². The molecule has 1 aliphatic rings. The molecule has 1 heterocycles. The molecule has 0 radical (unpaired) electrons. The zero-order valence-electron chi connectivity index (χ0n) is 11.1. The number of amides is 1. The quantitative estimate of drug-likeness (QED) is 0.800. The largest absolute Gasteiger partial charge is 0.341 e. The molecule has 1 atom stereocenters. The van der Waals surface area contributed by atoms with Crippen LogP contribution in [0.2, 0.25) is 0 Å². The van der Waals surface area contributed by atoms with Gasteiger partial charge in [0.2, 0.25) is 5.91 Å². The summed E-state index contributed by atoms with van der Waals surface area (Å²) in [4.78, 5) is 14.0. The Morgan fingerprint density at radius 1 is 1.31 bits per heavy atom. The number of hydrogen-bond acceptors (Lipinski definition) is 2. The first-order valence-corrected chi connectivity index (χ1v) is 6.36. The van der Waals surface area contributed by atoms with Crippen LogP contribution >= 0.6 is 0 Å². The lowest BCUT2D eigenvalue weighted by atomic mass is 9.82. The van der Waals surface area contributed by atoms with Crippen LogP contribution in [-0.2, 0) is 4.79 Å². The Labute approximate surface area is 99.4 Å². The Morgan fingerprint density at radius 2 is 1.81 bits per heavy atom. The Kier molecular flexibility index (Phi) is 4.36. The average Bonchev–Trinajstić information content (AvgIpc) is 2.15. The van der Waals surface area contributed by atoms with Crippen LogP contribution in [0.1, 0.15) is 47.0 Å². The first-order chi connectivity index (χ1) is 7.32. The molecule has 16 heavy (non-hydrogen) atoms. The van der Waals surface area contributed by atoms with Gasteiger partial charge in [-0.25, -0.2) is 0 Å². The van der Waals surface area contributed by atoms with Crippen molar-refractivity contribution in [3.05, 3.63) is 0 Å². The molecule has 1 saturated heterocycles. The third-order valence-electron chi connectivity index (χ3n) is 3.47. The molecular formula is C13H26N2O. The zero-order chi connectivity index (χ0) is 12.3. The molecule has 0 aromatic rings. The summed E-state index contributed by atoms with van der Waals surface area (Å²) < 4.78 is 0. The van der Waals surface area contributed by atoms with Crippen LogP contribution in [0.5, 0.6) is 0 Å². The molecule has 1 aliphatic heterocycles. The lowest BCUT2D eigenvalue weighted by molar-refractivity contribution is -0.135. The summed E-state index contributed by atoms with van der Waals surface area (Å²) in [6.45, 7) is 10.5. The van der Waals surface area contributed by atoms with Crippen molar-refractivity contribution >= 4 is 5.91 Å². The molecule has 94 valence electrons. The van der Waals surface area contributed by atoms with E-state index in [9.17, 15) is 4.79 Å². The molecule has 0 aromatic heterocycles. The van der Waals surface area contributed by atoms with Crippen LogP contribution in [0, 0.1) is 11.3 Å². The number of piperidine rings is 1. The van der Waals surface area contributed by atoms with Gasteiger partial charge in [0.15, 0.2) is 0 Å². The summed E-state index contributed by atoms with van der Waals surface area (Å²) in [5, 5.41) is 0. The number of hydrogen-bond donors (Lipinski definition) is 1. The highest BCUT2D eigenvalue weighted by atomic mass is 16.2. The second kappa shape index (κ2) is 5.17. The van der Waals surface area contributed by atoms with Gasteiger partial charge in [0.05, 0.1) is 6.04 Å². The number of nitrogens with two attached hydrogens (primary N) is 1. The topological polar surface area (TPSA) is 46.3 Å². The third kappa shape index (κ3) is 3.78. The predicted octanol–water partition coefficient (Wildman–Crippen LogP) is 2.01. The highest BCUT2D eigenvalue weighted by molar-refractivity contribution is 5.81. The number of carbonyl (C=O) groups is 1. The summed E-state index contributed by atoms with van der Waals surface area (Å²) in [5.41, 5.74) is 6.31. The van der Waals surface area contributed by atoms with Crippen molar-refractivity contribution in [2.45, 2.75) is 53.0 Å². The van der Waals surface area contributed by atoms with E-state index in [1.54, 1.807) is 0 Å². The minimum Gasteiger partial charge on any atom is -0.341 e. The van der Waals surface area contributed by atoms with Gasteiger partial charge >= 0.3 is 0 Å². The fraction of sp³-hybridized carbons (Fsp3) is 0.923. The van der Waals surface area contributed by atoms with E-state index in [4.69, 9.17) is 5.73 Å². The fourth-order valence-electron chi connectivity index (χ4n) is 2.18. The molecule has 3 nitrogen and oxygen atoms in total. The van der Waals surface area contributed by atoms with Crippen molar-refractivity contribution in [3.63, 3.8) is 0 Å². The minimum absolute atomic E-state index is 0.143. The van der Waals surface area contributed by atoms with Crippen LogP contribution in [0.15, 0.2) is 0 Å². The maximum atomic E-state index is 12.0.